The molecule has 0 radical (unpaired) electrons. The lowest BCUT2D eigenvalue weighted by atomic mass is 9.93. The molecule has 1 aromatic carbocycles. The van der Waals surface area contributed by atoms with Gasteiger partial charge >= 0.3 is 5.97 Å². The number of piperidine rings is 1. The third kappa shape index (κ3) is 5.82. The molecule has 0 saturated carbocycles. The number of nitrogens with zero attached hydrogens (tertiary/aromatic N) is 1. The minimum absolute atomic E-state index is 0.113. The third-order valence-corrected chi connectivity index (χ3v) is 5.60. The van der Waals surface area contributed by atoms with E-state index < -0.39 is 5.97 Å². The van der Waals surface area contributed by atoms with Gasteiger partial charge < -0.3 is 10.0 Å². The van der Waals surface area contributed by atoms with E-state index in [1.807, 2.05) is 11.8 Å². The van der Waals surface area contributed by atoms with Gasteiger partial charge in [-0.1, -0.05) is 6.92 Å². The smallest absolute Gasteiger partial charge is 0.303 e. The van der Waals surface area contributed by atoms with Crippen molar-refractivity contribution in [1.29, 1.82) is 0 Å². The first-order chi connectivity index (χ1) is 11.5. The van der Waals surface area contributed by atoms with Crippen LogP contribution in [-0.4, -0.2) is 40.7 Å². The lowest BCUT2D eigenvalue weighted by Crippen LogP contribution is -2.43. The van der Waals surface area contributed by atoms with Crippen molar-refractivity contribution in [2.24, 2.45) is 11.8 Å². The monoisotopic (exact) mass is 353 g/mol. The Balaban J connectivity index is 1.80. The molecule has 1 heterocycles. The highest BCUT2D eigenvalue weighted by molar-refractivity contribution is 7.99. The fourth-order valence-electron chi connectivity index (χ4n) is 2.96. The minimum Gasteiger partial charge on any atom is -0.481 e. The summed E-state index contributed by atoms with van der Waals surface area (Å²) in [6, 6.07) is 6.29. The highest BCUT2D eigenvalue weighted by Crippen LogP contribution is 2.25. The lowest BCUT2D eigenvalue weighted by molar-refractivity contribution is -0.137. The molecule has 1 aliphatic rings. The molecule has 1 N–H and O–H groups in total. The largest absolute Gasteiger partial charge is 0.481 e. The molecule has 132 valence electrons. The van der Waals surface area contributed by atoms with E-state index in [0.717, 1.165) is 24.3 Å². The molecule has 0 spiro atoms. The van der Waals surface area contributed by atoms with Gasteiger partial charge in [0.1, 0.15) is 5.82 Å². The van der Waals surface area contributed by atoms with E-state index in [1.54, 1.807) is 23.9 Å². The summed E-state index contributed by atoms with van der Waals surface area (Å²) in [6.45, 7) is 3.34. The number of benzene rings is 1. The molecule has 0 aromatic heterocycles. The first kappa shape index (κ1) is 18.8. The molecule has 24 heavy (non-hydrogen) atoms. The Labute approximate surface area is 146 Å². The second-order valence-electron chi connectivity index (χ2n) is 6.39. The molecule has 1 aliphatic heterocycles. The molecular weight excluding hydrogens is 329 g/mol. The predicted molar refractivity (Wildman–Crippen MR) is 92.5 cm³/mol. The summed E-state index contributed by atoms with van der Waals surface area (Å²) in [5.74, 6) is -0.0776. The Morgan fingerprint density at radius 2 is 2.08 bits per heavy atom. The zero-order chi connectivity index (χ0) is 17.5. The number of amides is 1. The van der Waals surface area contributed by atoms with Gasteiger partial charge in [0.25, 0.3) is 0 Å². The number of carbonyl (C=O) groups excluding carboxylic acids is 1. The van der Waals surface area contributed by atoms with E-state index in [-0.39, 0.29) is 30.0 Å². The number of hydrogen-bond acceptors (Lipinski definition) is 3. The van der Waals surface area contributed by atoms with E-state index in [2.05, 4.69) is 0 Å². The van der Waals surface area contributed by atoms with Crippen molar-refractivity contribution in [1.82, 2.24) is 4.90 Å². The average Bonchev–Trinajstić information content (AvgIpc) is 2.58. The third-order valence-electron chi connectivity index (χ3n) is 4.33. The van der Waals surface area contributed by atoms with E-state index in [4.69, 9.17) is 5.11 Å². The maximum absolute atomic E-state index is 12.9. The van der Waals surface area contributed by atoms with Gasteiger partial charge in [0.05, 0.1) is 0 Å². The van der Waals surface area contributed by atoms with Crippen molar-refractivity contribution in [3.8, 4) is 0 Å². The van der Waals surface area contributed by atoms with Crippen molar-refractivity contribution in [3.63, 3.8) is 0 Å². The second-order valence-corrected chi connectivity index (χ2v) is 7.48. The number of halogens is 1. The van der Waals surface area contributed by atoms with Gasteiger partial charge in [-0.25, -0.2) is 4.39 Å². The maximum atomic E-state index is 12.9. The van der Waals surface area contributed by atoms with Crippen LogP contribution in [0.15, 0.2) is 29.2 Å². The maximum Gasteiger partial charge on any atom is 0.303 e. The van der Waals surface area contributed by atoms with E-state index in [1.165, 1.54) is 12.1 Å². The van der Waals surface area contributed by atoms with Gasteiger partial charge in [-0.2, -0.15) is 0 Å². The van der Waals surface area contributed by atoms with Crippen molar-refractivity contribution >= 4 is 23.6 Å². The number of rotatable bonds is 7. The van der Waals surface area contributed by atoms with Gasteiger partial charge in [-0.3, -0.25) is 9.59 Å². The summed E-state index contributed by atoms with van der Waals surface area (Å²) in [4.78, 5) is 26.1. The molecule has 6 heteroatoms. The lowest BCUT2D eigenvalue weighted by Gasteiger charge is -2.34. The Morgan fingerprint density at radius 1 is 1.38 bits per heavy atom. The molecule has 1 amide bonds. The molecule has 2 unspecified atom stereocenters. The molecular formula is C18H24FNO3S. The fraction of sp³-hybridized carbons (Fsp3) is 0.556. The van der Waals surface area contributed by atoms with Crippen molar-refractivity contribution in [3.05, 3.63) is 30.1 Å². The SMILES string of the molecule is CC(CSc1ccc(F)cc1)C(=O)N1CCCC(CCC(=O)O)C1. The number of likely N-dealkylation sites (tertiary alicyclic amines) is 1. The van der Waals surface area contributed by atoms with E-state index in [0.29, 0.717) is 18.7 Å². The fourth-order valence-corrected chi connectivity index (χ4v) is 3.88. The van der Waals surface area contributed by atoms with Crippen molar-refractivity contribution in [2.75, 3.05) is 18.8 Å². The number of aliphatic carboxylic acids is 1. The van der Waals surface area contributed by atoms with Crippen LogP contribution in [0.4, 0.5) is 4.39 Å². The van der Waals surface area contributed by atoms with Crippen LogP contribution in [0.1, 0.15) is 32.6 Å². The summed E-state index contributed by atoms with van der Waals surface area (Å²) < 4.78 is 12.9. The Hall–Kier alpha value is -1.56. The Bertz CT molecular complexity index is 564. The quantitative estimate of drug-likeness (QED) is 0.760. The number of carbonyl (C=O) groups is 2. The van der Waals surface area contributed by atoms with Gasteiger partial charge in [-0.15, -0.1) is 11.8 Å². The zero-order valence-electron chi connectivity index (χ0n) is 13.9. The zero-order valence-corrected chi connectivity index (χ0v) is 14.7. The topological polar surface area (TPSA) is 57.6 Å². The molecule has 0 bridgehead atoms. The van der Waals surface area contributed by atoms with Crippen LogP contribution in [0.25, 0.3) is 0 Å². The van der Waals surface area contributed by atoms with Gasteiger partial charge in [0, 0.05) is 36.1 Å². The van der Waals surface area contributed by atoms with Crippen LogP contribution in [-0.2, 0) is 9.59 Å². The Morgan fingerprint density at radius 3 is 2.75 bits per heavy atom. The molecule has 1 fully saturated rings. The second kappa shape index (κ2) is 9.06. The number of carboxylic acid groups (broad SMARTS) is 1. The normalized spacial score (nSPS) is 19.1. The summed E-state index contributed by atoms with van der Waals surface area (Å²) >= 11 is 1.55. The molecule has 0 aliphatic carbocycles. The number of thioether (sulfide) groups is 1. The Kier molecular flexibility index (Phi) is 7.09. The first-order valence-electron chi connectivity index (χ1n) is 8.34. The highest BCUT2D eigenvalue weighted by atomic mass is 32.2. The van der Waals surface area contributed by atoms with Crippen LogP contribution in [0, 0.1) is 17.7 Å². The van der Waals surface area contributed by atoms with Gasteiger partial charge in [0.15, 0.2) is 0 Å². The minimum atomic E-state index is -0.775. The summed E-state index contributed by atoms with van der Waals surface area (Å²) in [5.41, 5.74) is 0. The number of carboxylic acids is 1. The average molecular weight is 353 g/mol. The number of hydrogen-bond donors (Lipinski definition) is 1. The van der Waals surface area contributed by atoms with Gasteiger partial charge in [-0.05, 0) is 49.4 Å². The summed E-state index contributed by atoms with van der Waals surface area (Å²) in [5, 5.41) is 8.80. The van der Waals surface area contributed by atoms with Crippen molar-refractivity contribution < 1.29 is 19.1 Å². The van der Waals surface area contributed by atoms with Crippen LogP contribution in [0.3, 0.4) is 0 Å². The summed E-state index contributed by atoms with van der Waals surface area (Å²) in [7, 11) is 0. The highest BCUT2D eigenvalue weighted by Gasteiger charge is 2.27. The van der Waals surface area contributed by atoms with Crippen LogP contribution >= 0.6 is 11.8 Å². The predicted octanol–water partition coefficient (Wildman–Crippen LogP) is 3.66. The molecule has 2 atom stereocenters. The van der Waals surface area contributed by atoms with E-state index in [9.17, 15) is 14.0 Å². The molecule has 1 saturated heterocycles. The van der Waals surface area contributed by atoms with Crippen LogP contribution in [0.2, 0.25) is 0 Å². The molecule has 4 nitrogen and oxygen atoms in total. The van der Waals surface area contributed by atoms with Gasteiger partial charge in [0.2, 0.25) is 5.91 Å². The van der Waals surface area contributed by atoms with Crippen LogP contribution < -0.4 is 0 Å². The first-order valence-corrected chi connectivity index (χ1v) is 9.33. The van der Waals surface area contributed by atoms with E-state index >= 15 is 0 Å². The van der Waals surface area contributed by atoms with Crippen molar-refractivity contribution in [2.45, 2.75) is 37.5 Å². The summed E-state index contributed by atoms with van der Waals surface area (Å²) in [6.07, 6.45) is 2.74. The standard InChI is InChI=1S/C18H24FNO3S/c1-13(12-24-16-7-5-15(19)6-8-16)18(23)20-10-2-3-14(11-20)4-9-17(21)22/h5-8,13-14H,2-4,9-12H2,1H3,(H,21,22). The van der Waals surface area contributed by atoms with Crippen LogP contribution in [0.5, 0.6) is 0 Å². The molecule has 2 rings (SSSR count). The molecule has 1 aromatic rings.